The number of carbonyl (C=O) groups is 1. The van der Waals surface area contributed by atoms with E-state index in [2.05, 4.69) is 41.4 Å². The van der Waals surface area contributed by atoms with Gasteiger partial charge in [0, 0.05) is 12.5 Å². The Morgan fingerprint density at radius 3 is 2.58 bits per heavy atom. The zero-order valence-electron chi connectivity index (χ0n) is 15.0. The smallest absolute Gasteiger partial charge is 0.264 e. The standard InChI is InChI=1S/C20H21N3O3/c1-13(2)15-8-10-16(11-9-15)20-22-19(26-23-20)12-25-18-7-5-4-6-17(18)21-14(3)24/h4-11,13H,12H2,1-3H3,(H,21,24). The fourth-order valence-corrected chi connectivity index (χ4v) is 2.47. The van der Waals surface area contributed by atoms with Crippen molar-refractivity contribution < 1.29 is 14.1 Å². The van der Waals surface area contributed by atoms with Crippen LogP contribution in [0.25, 0.3) is 11.4 Å². The van der Waals surface area contributed by atoms with Crippen LogP contribution in [0.2, 0.25) is 0 Å². The SMILES string of the molecule is CC(=O)Nc1ccccc1OCc1nc(-c2ccc(C(C)C)cc2)no1. The van der Waals surface area contributed by atoms with Gasteiger partial charge in [0.25, 0.3) is 5.89 Å². The lowest BCUT2D eigenvalue weighted by molar-refractivity contribution is -0.114. The maximum Gasteiger partial charge on any atom is 0.264 e. The number of aromatic nitrogens is 2. The average Bonchev–Trinajstić information content (AvgIpc) is 3.09. The molecule has 26 heavy (non-hydrogen) atoms. The summed E-state index contributed by atoms with van der Waals surface area (Å²) in [6, 6.07) is 15.3. The molecule has 1 N–H and O–H groups in total. The van der Waals surface area contributed by atoms with Crippen LogP contribution < -0.4 is 10.1 Å². The summed E-state index contributed by atoms with van der Waals surface area (Å²) < 4.78 is 11.0. The molecule has 0 saturated heterocycles. The molecule has 0 aliphatic rings. The topological polar surface area (TPSA) is 77.2 Å². The Balaban J connectivity index is 1.69. The second-order valence-electron chi connectivity index (χ2n) is 6.25. The monoisotopic (exact) mass is 351 g/mol. The highest BCUT2D eigenvalue weighted by Gasteiger charge is 2.11. The Morgan fingerprint density at radius 2 is 1.88 bits per heavy atom. The van der Waals surface area contributed by atoms with Crippen molar-refractivity contribution in [2.24, 2.45) is 0 Å². The molecule has 3 aromatic rings. The van der Waals surface area contributed by atoms with E-state index >= 15 is 0 Å². The van der Waals surface area contributed by atoms with E-state index in [9.17, 15) is 4.79 Å². The summed E-state index contributed by atoms with van der Waals surface area (Å²) in [5.41, 5.74) is 2.75. The van der Waals surface area contributed by atoms with Gasteiger partial charge in [-0.3, -0.25) is 4.79 Å². The van der Waals surface area contributed by atoms with Crippen molar-refractivity contribution in [2.75, 3.05) is 5.32 Å². The van der Waals surface area contributed by atoms with Gasteiger partial charge in [-0.05, 0) is 23.6 Å². The Morgan fingerprint density at radius 1 is 1.15 bits per heavy atom. The van der Waals surface area contributed by atoms with Crippen LogP contribution in [0, 0.1) is 0 Å². The molecule has 1 amide bonds. The summed E-state index contributed by atoms with van der Waals surface area (Å²) in [4.78, 5) is 15.6. The molecule has 1 aromatic heterocycles. The number of hydrogen-bond acceptors (Lipinski definition) is 5. The van der Waals surface area contributed by atoms with E-state index in [-0.39, 0.29) is 12.5 Å². The summed E-state index contributed by atoms with van der Waals surface area (Å²) in [7, 11) is 0. The molecule has 0 bridgehead atoms. The molecule has 0 atom stereocenters. The van der Waals surface area contributed by atoms with Gasteiger partial charge in [-0.2, -0.15) is 4.98 Å². The minimum atomic E-state index is -0.161. The third-order valence-corrected chi connectivity index (χ3v) is 3.85. The molecule has 0 aliphatic heterocycles. The number of rotatable bonds is 6. The molecule has 3 rings (SSSR count). The van der Waals surface area contributed by atoms with E-state index < -0.39 is 0 Å². The summed E-state index contributed by atoms with van der Waals surface area (Å²) in [5, 5.41) is 6.73. The molecule has 134 valence electrons. The molecular formula is C20H21N3O3. The lowest BCUT2D eigenvalue weighted by Gasteiger charge is -2.09. The predicted molar refractivity (Wildman–Crippen MR) is 98.9 cm³/mol. The maximum absolute atomic E-state index is 11.3. The number of carbonyl (C=O) groups excluding carboxylic acids is 1. The predicted octanol–water partition coefficient (Wildman–Crippen LogP) is 4.40. The van der Waals surface area contributed by atoms with Crippen LogP contribution in [0.4, 0.5) is 5.69 Å². The second kappa shape index (κ2) is 7.82. The first-order valence-electron chi connectivity index (χ1n) is 8.45. The average molecular weight is 351 g/mol. The Hall–Kier alpha value is -3.15. The van der Waals surface area contributed by atoms with Crippen LogP contribution in [0.3, 0.4) is 0 Å². The molecule has 0 saturated carbocycles. The molecule has 0 spiro atoms. The molecule has 0 radical (unpaired) electrons. The van der Waals surface area contributed by atoms with Crippen LogP contribution in [0.1, 0.15) is 38.1 Å². The normalized spacial score (nSPS) is 10.8. The molecule has 1 heterocycles. The van der Waals surface area contributed by atoms with Gasteiger partial charge in [0.15, 0.2) is 6.61 Å². The van der Waals surface area contributed by atoms with Crippen LogP contribution in [-0.4, -0.2) is 16.0 Å². The summed E-state index contributed by atoms with van der Waals surface area (Å²) in [6.07, 6.45) is 0. The van der Waals surface area contributed by atoms with Gasteiger partial charge in [-0.15, -0.1) is 0 Å². The van der Waals surface area contributed by atoms with Crippen molar-refractivity contribution in [1.29, 1.82) is 0 Å². The van der Waals surface area contributed by atoms with E-state index in [0.717, 1.165) is 5.56 Å². The molecule has 0 aliphatic carbocycles. The number of hydrogen-bond donors (Lipinski definition) is 1. The van der Waals surface area contributed by atoms with Crippen molar-refractivity contribution in [3.05, 3.63) is 60.0 Å². The Kier molecular flexibility index (Phi) is 5.31. The Labute approximate surface area is 152 Å². The summed E-state index contributed by atoms with van der Waals surface area (Å²) in [6.45, 7) is 5.87. The van der Waals surface area contributed by atoms with Crippen molar-refractivity contribution >= 4 is 11.6 Å². The second-order valence-corrected chi connectivity index (χ2v) is 6.25. The highest BCUT2D eigenvalue weighted by Crippen LogP contribution is 2.25. The first-order chi connectivity index (χ1) is 12.5. The van der Waals surface area contributed by atoms with Gasteiger partial charge in [0.1, 0.15) is 5.75 Å². The first kappa shape index (κ1) is 17.7. The number of amides is 1. The fourth-order valence-electron chi connectivity index (χ4n) is 2.47. The lowest BCUT2D eigenvalue weighted by Crippen LogP contribution is -2.07. The van der Waals surface area contributed by atoms with E-state index in [0.29, 0.717) is 29.1 Å². The number of nitrogens with zero attached hydrogens (tertiary/aromatic N) is 2. The third kappa shape index (κ3) is 4.27. The first-order valence-corrected chi connectivity index (χ1v) is 8.45. The maximum atomic E-state index is 11.3. The number of para-hydroxylation sites is 2. The van der Waals surface area contributed by atoms with Crippen LogP contribution in [0.15, 0.2) is 53.1 Å². The summed E-state index contributed by atoms with van der Waals surface area (Å²) in [5.74, 6) is 1.75. The van der Waals surface area contributed by atoms with Gasteiger partial charge in [0.05, 0.1) is 5.69 Å². The molecule has 0 fully saturated rings. The molecule has 0 unspecified atom stereocenters. The zero-order chi connectivity index (χ0) is 18.5. The number of nitrogens with one attached hydrogen (secondary N) is 1. The molecular weight excluding hydrogens is 330 g/mol. The highest BCUT2D eigenvalue weighted by molar-refractivity contribution is 5.90. The molecule has 6 heteroatoms. The Bertz CT molecular complexity index is 885. The fraction of sp³-hybridized carbons (Fsp3) is 0.250. The van der Waals surface area contributed by atoms with E-state index in [1.165, 1.54) is 12.5 Å². The van der Waals surface area contributed by atoms with Crippen molar-refractivity contribution in [1.82, 2.24) is 10.1 Å². The largest absolute Gasteiger partial charge is 0.482 e. The zero-order valence-corrected chi connectivity index (χ0v) is 15.0. The van der Waals surface area contributed by atoms with Gasteiger partial charge >= 0.3 is 0 Å². The lowest BCUT2D eigenvalue weighted by atomic mass is 10.0. The van der Waals surface area contributed by atoms with Crippen molar-refractivity contribution in [3.8, 4) is 17.1 Å². The van der Waals surface area contributed by atoms with E-state index in [1.54, 1.807) is 12.1 Å². The van der Waals surface area contributed by atoms with Crippen LogP contribution >= 0.6 is 0 Å². The van der Waals surface area contributed by atoms with E-state index in [4.69, 9.17) is 9.26 Å². The van der Waals surface area contributed by atoms with Crippen LogP contribution in [0.5, 0.6) is 5.75 Å². The number of anilines is 1. The van der Waals surface area contributed by atoms with Crippen molar-refractivity contribution in [2.45, 2.75) is 33.3 Å². The van der Waals surface area contributed by atoms with Gasteiger partial charge < -0.3 is 14.6 Å². The minimum absolute atomic E-state index is 0.119. The molecule has 2 aromatic carbocycles. The summed E-state index contributed by atoms with van der Waals surface area (Å²) >= 11 is 0. The molecule has 6 nitrogen and oxygen atoms in total. The van der Waals surface area contributed by atoms with Gasteiger partial charge in [-0.1, -0.05) is 55.4 Å². The van der Waals surface area contributed by atoms with E-state index in [1.807, 2.05) is 24.3 Å². The quantitative estimate of drug-likeness (QED) is 0.712. The third-order valence-electron chi connectivity index (χ3n) is 3.85. The number of ether oxygens (including phenoxy) is 1. The van der Waals surface area contributed by atoms with Gasteiger partial charge in [0.2, 0.25) is 11.7 Å². The highest BCUT2D eigenvalue weighted by atomic mass is 16.5. The number of benzene rings is 2. The minimum Gasteiger partial charge on any atom is -0.482 e. The van der Waals surface area contributed by atoms with Gasteiger partial charge in [-0.25, -0.2) is 0 Å². The van der Waals surface area contributed by atoms with Crippen molar-refractivity contribution in [3.63, 3.8) is 0 Å². The van der Waals surface area contributed by atoms with Crippen LogP contribution in [-0.2, 0) is 11.4 Å².